The molecule has 0 heterocycles. The Bertz CT molecular complexity index is 259. The van der Waals surface area contributed by atoms with E-state index in [0.717, 1.165) is 5.75 Å². The summed E-state index contributed by atoms with van der Waals surface area (Å²) in [5, 5.41) is 0. The molecule has 0 aliphatic heterocycles. The lowest BCUT2D eigenvalue weighted by molar-refractivity contribution is 0.777. The van der Waals surface area contributed by atoms with Gasteiger partial charge < -0.3 is 0 Å². The third kappa shape index (κ3) is 5.31. The standard InChI is InChI=1S/C14H22S2/c1-2-3-7-10-16-12-14(11-15)13-8-5-4-6-9-13/h4-6,8-9,14-15H,2-3,7,10-12H2,1H3. The van der Waals surface area contributed by atoms with Crippen molar-refractivity contribution in [2.45, 2.75) is 32.1 Å². The van der Waals surface area contributed by atoms with Gasteiger partial charge in [-0.15, -0.1) is 0 Å². The third-order valence-corrected chi connectivity index (χ3v) is 4.36. The van der Waals surface area contributed by atoms with Crippen molar-refractivity contribution in [3.8, 4) is 0 Å². The van der Waals surface area contributed by atoms with Crippen LogP contribution in [0, 0.1) is 0 Å². The summed E-state index contributed by atoms with van der Waals surface area (Å²) in [6.45, 7) is 2.26. The van der Waals surface area contributed by atoms with E-state index in [1.54, 1.807) is 0 Å². The molecule has 16 heavy (non-hydrogen) atoms. The molecule has 1 unspecified atom stereocenters. The maximum absolute atomic E-state index is 4.46. The number of rotatable bonds is 8. The van der Waals surface area contributed by atoms with Crippen LogP contribution < -0.4 is 0 Å². The van der Waals surface area contributed by atoms with E-state index >= 15 is 0 Å². The van der Waals surface area contributed by atoms with Crippen molar-refractivity contribution in [1.29, 1.82) is 0 Å². The van der Waals surface area contributed by atoms with Crippen LogP contribution in [0.3, 0.4) is 0 Å². The molecule has 0 aromatic heterocycles. The first-order valence-electron chi connectivity index (χ1n) is 6.12. The molecule has 2 heteroatoms. The van der Waals surface area contributed by atoms with Crippen LogP contribution in [0.1, 0.15) is 37.7 Å². The summed E-state index contributed by atoms with van der Waals surface area (Å²) in [7, 11) is 0. The molecule has 0 amide bonds. The minimum Gasteiger partial charge on any atom is -0.179 e. The Labute approximate surface area is 110 Å². The molecular weight excluding hydrogens is 232 g/mol. The van der Waals surface area contributed by atoms with Gasteiger partial charge in [-0.1, -0.05) is 50.1 Å². The van der Waals surface area contributed by atoms with Gasteiger partial charge in [0.1, 0.15) is 0 Å². The molecular formula is C14H22S2. The smallest absolute Gasteiger partial charge is 0.00172 e. The van der Waals surface area contributed by atoms with Crippen LogP contribution in [-0.4, -0.2) is 17.3 Å². The number of hydrogen-bond acceptors (Lipinski definition) is 2. The maximum atomic E-state index is 4.46. The van der Waals surface area contributed by atoms with Crippen LogP contribution in [0.25, 0.3) is 0 Å². The van der Waals surface area contributed by atoms with E-state index in [0.29, 0.717) is 5.92 Å². The zero-order valence-electron chi connectivity index (χ0n) is 10.1. The van der Waals surface area contributed by atoms with Crippen molar-refractivity contribution in [3.05, 3.63) is 35.9 Å². The minimum absolute atomic E-state index is 0.608. The Morgan fingerprint density at radius 3 is 2.56 bits per heavy atom. The molecule has 0 aliphatic rings. The lowest BCUT2D eigenvalue weighted by Crippen LogP contribution is -2.04. The van der Waals surface area contributed by atoms with Gasteiger partial charge in [0.25, 0.3) is 0 Å². The summed E-state index contributed by atoms with van der Waals surface area (Å²) in [5.74, 6) is 4.06. The topological polar surface area (TPSA) is 0 Å². The molecule has 1 aromatic rings. The highest BCUT2D eigenvalue weighted by Gasteiger charge is 2.08. The van der Waals surface area contributed by atoms with Crippen molar-refractivity contribution in [3.63, 3.8) is 0 Å². The van der Waals surface area contributed by atoms with Crippen LogP contribution in [0.5, 0.6) is 0 Å². The third-order valence-electron chi connectivity index (χ3n) is 2.70. The molecule has 1 atom stereocenters. The van der Waals surface area contributed by atoms with Gasteiger partial charge in [0, 0.05) is 11.7 Å². The Hall–Kier alpha value is -0.0800. The zero-order valence-corrected chi connectivity index (χ0v) is 11.8. The number of thioether (sulfide) groups is 1. The fourth-order valence-electron chi connectivity index (χ4n) is 1.66. The number of unbranched alkanes of at least 4 members (excludes halogenated alkanes) is 2. The van der Waals surface area contributed by atoms with E-state index in [2.05, 4.69) is 61.6 Å². The van der Waals surface area contributed by atoms with Crippen LogP contribution in [-0.2, 0) is 0 Å². The van der Waals surface area contributed by atoms with Crippen molar-refractivity contribution < 1.29 is 0 Å². The molecule has 90 valence electrons. The summed E-state index contributed by atoms with van der Waals surface area (Å²) in [6.07, 6.45) is 4.04. The Morgan fingerprint density at radius 1 is 1.19 bits per heavy atom. The fraction of sp³-hybridized carbons (Fsp3) is 0.571. The molecule has 0 radical (unpaired) electrons. The van der Waals surface area contributed by atoms with Gasteiger partial charge >= 0.3 is 0 Å². The Kier molecular flexibility index (Phi) is 7.87. The lowest BCUT2D eigenvalue weighted by atomic mass is 10.0. The van der Waals surface area contributed by atoms with E-state index in [4.69, 9.17) is 0 Å². The predicted molar refractivity (Wildman–Crippen MR) is 79.9 cm³/mol. The second-order valence-electron chi connectivity index (χ2n) is 4.07. The molecule has 0 bridgehead atoms. The average Bonchev–Trinajstić information content (AvgIpc) is 2.35. The van der Waals surface area contributed by atoms with Gasteiger partial charge in [-0.05, 0) is 23.5 Å². The van der Waals surface area contributed by atoms with Crippen LogP contribution in [0.15, 0.2) is 30.3 Å². The van der Waals surface area contributed by atoms with Crippen molar-refractivity contribution in [1.82, 2.24) is 0 Å². The van der Waals surface area contributed by atoms with Gasteiger partial charge in [-0.25, -0.2) is 0 Å². The molecule has 0 aliphatic carbocycles. The summed E-state index contributed by atoms with van der Waals surface area (Å²) < 4.78 is 0. The average molecular weight is 254 g/mol. The van der Waals surface area contributed by atoms with E-state index < -0.39 is 0 Å². The zero-order chi connectivity index (χ0) is 11.6. The molecule has 0 fully saturated rings. The molecule has 0 spiro atoms. The monoisotopic (exact) mass is 254 g/mol. The highest BCUT2D eigenvalue weighted by atomic mass is 32.2. The largest absolute Gasteiger partial charge is 0.179 e. The van der Waals surface area contributed by atoms with Gasteiger partial charge in [0.05, 0.1) is 0 Å². The maximum Gasteiger partial charge on any atom is 0.00172 e. The van der Waals surface area contributed by atoms with Crippen molar-refractivity contribution in [2.75, 3.05) is 17.3 Å². The quantitative estimate of drug-likeness (QED) is 0.521. The molecule has 0 N–H and O–H groups in total. The number of thiol groups is 1. The fourth-order valence-corrected chi connectivity index (χ4v) is 3.34. The first-order chi connectivity index (χ1) is 7.88. The normalized spacial score (nSPS) is 12.6. The van der Waals surface area contributed by atoms with Gasteiger partial charge in [0.15, 0.2) is 0 Å². The van der Waals surface area contributed by atoms with Gasteiger partial charge in [0.2, 0.25) is 0 Å². The molecule has 0 nitrogen and oxygen atoms in total. The second-order valence-corrected chi connectivity index (χ2v) is 5.59. The minimum atomic E-state index is 0.608. The SMILES string of the molecule is CCCCCSCC(CS)c1ccccc1. The first kappa shape index (κ1) is 14.0. The number of hydrogen-bond donors (Lipinski definition) is 1. The first-order valence-corrected chi connectivity index (χ1v) is 7.90. The summed E-state index contributed by atoms with van der Waals surface area (Å²) in [5.41, 5.74) is 1.43. The van der Waals surface area contributed by atoms with E-state index in [9.17, 15) is 0 Å². The van der Waals surface area contributed by atoms with E-state index in [1.165, 1.54) is 36.3 Å². The molecule has 0 saturated carbocycles. The highest BCUT2D eigenvalue weighted by Crippen LogP contribution is 2.22. The highest BCUT2D eigenvalue weighted by molar-refractivity contribution is 7.99. The summed E-state index contributed by atoms with van der Waals surface area (Å²) in [4.78, 5) is 0. The van der Waals surface area contributed by atoms with Crippen LogP contribution in [0.4, 0.5) is 0 Å². The van der Waals surface area contributed by atoms with Crippen LogP contribution in [0.2, 0.25) is 0 Å². The summed E-state index contributed by atoms with van der Waals surface area (Å²) in [6, 6.07) is 10.7. The van der Waals surface area contributed by atoms with Crippen molar-refractivity contribution in [2.24, 2.45) is 0 Å². The summed E-state index contributed by atoms with van der Waals surface area (Å²) >= 11 is 6.53. The molecule has 1 aromatic carbocycles. The predicted octanol–water partition coefficient (Wildman–Crippen LogP) is 4.62. The molecule has 1 rings (SSSR count). The Balaban J connectivity index is 2.27. The van der Waals surface area contributed by atoms with Crippen LogP contribution >= 0.6 is 24.4 Å². The van der Waals surface area contributed by atoms with Crippen molar-refractivity contribution >= 4 is 24.4 Å². The van der Waals surface area contributed by atoms with Gasteiger partial charge in [-0.3, -0.25) is 0 Å². The van der Waals surface area contributed by atoms with Gasteiger partial charge in [-0.2, -0.15) is 24.4 Å². The lowest BCUT2D eigenvalue weighted by Gasteiger charge is -2.14. The number of benzene rings is 1. The second kappa shape index (κ2) is 9.00. The Morgan fingerprint density at radius 2 is 1.94 bits per heavy atom. The van der Waals surface area contributed by atoms with E-state index in [1.807, 2.05) is 0 Å². The van der Waals surface area contributed by atoms with E-state index in [-0.39, 0.29) is 0 Å². The molecule has 0 saturated heterocycles.